The van der Waals surface area contributed by atoms with Crippen LogP contribution in [0.3, 0.4) is 0 Å². The first-order valence-electron chi connectivity index (χ1n) is 8.71. The molecule has 1 fully saturated rings. The van der Waals surface area contributed by atoms with Gasteiger partial charge in [-0.3, -0.25) is 4.99 Å². The van der Waals surface area contributed by atoms with Crippen LogP contribution in [0, 0.1) is 0 Å². The van der Waals surface area contributed by atoms with Crippen molar-refractivity contribution in [2.45, 2.75) is 32.7 Å². The Morgan fingerprint density at radius 3 is 2.74 bits per heavy atom. The number of rotatable bonds is 8. The zero-order valence-electron chi connectivity index (χ0n) is 14.5. The van der Waals surface area contributed by atoms with Gasteiger partial charge in [-0.2, -0.15) is 0 Å². The maximum Gasteiger partial charge on any atom is 0.191 e. The van der Waals surface area contributed by atoms with Crippen molar-refractivity contribution in [3.63, 3.8) is 0 Å². The molecule has 2 rings (SSSR count). The first-order chi connectivity index (χ1) is 11.3. The standard InChI is InChI=1S/C18H30N4O/c1-3-23-17-10-5-4-9-16(17)15-21-18(19-2)20-11-8-14-22-12-6-7-13-22/h4-5,9-10H,3,6-8,11-15H2,1-2H3,(H2,19,20,21). The summed E-state index contributed by atoms with van der Waals surface area (Å²) in [6, 6.07) is 8.12. The van der Waals surface area contributed by atoms with Gasteiger partial charge in [0.15, 0.2) is 5.96 Å². The zero-order chi connectivity index (χ0) is 16.3. The molecule has 0 atom stereocenters. The zero-order valence-corrected chi connectivity index (χ0v) is 14.5. The summed E-state index contributed by atoms with van der Waals surface area (Å²) in [6.45, 7) is 8.05. The van der Waals surface area contributed by atoms with Gasteiger partial charge in [0, 0.05) is 25.7 Å². The van der Waals surface area contributed by atoms with E-state index in [2.05, 4.69) is 26.6 Å². The highest BCUT2D eigenvalue weighted by Gasteiger charge is 2.10. The predicted molar refractivity (Wildman–Crippen MR) is 96.1 cm³/mol. The molecule has 1 saturated heterocycles. The Bertz CT molecular complexity index is 484. The Morgan fingerprint density at radius 2 is 2.00 bits per heavy atom. The molecule has 23 heavy (non-hydrogen) atoms. The fourth-order valence-corrected chi connectivity index (χ4v) is 2.86. The van der Waals surface area contributed by atoms with Crippen LogP contribution in [0.25, 0.3) is 0 Å². The van der Waals surface area contributed by atoms with E-state index < -0.39 is 0 Å². The van der Waals surface area contributed by atoms with Gasteiger partial charge in [0.05, 0.1) is 6.61 Å². The molecule has 0 aliphatic carbocycles. The Hall–Kier alpha value is -1.75. The van der Waals surface area contributed by atoms with E-state index in [1.54, 1.807) is 0 Å². The van der Waals surface area contributed by atoms with E-state index in [-0.39, 0.29) is 0 Å². The molecule has 1 heterocycles. The lowest BCUT2D eigenvalue weighted by molar-refractivity contribution is 0.333. The van der Waals surface area contributed by atoms with Gasteiger partial charge in [-0.05, 0) is 51.9 Å². The largest absolute Gasteiger partial charge is 0.494 e. The summed E-state index contributed by atoms with van der Waals surface area (Å²) >= 11 is 0. The summed E-state index contributed by atoms with van der Waals surface area (Å²) in [5, 5.41) is 6.74. The van der Waals surface area contributed by atoms with Crippen LogP contribution in [0.15, 0.2) is 29.3 Å². The number of nitrogens with one attached hydrogen (secondary N) is 2. The van der Waals surface area contributed by atoms with E-state index in [9.17, 15) is 0 Å². The quantitative estimate of drug-likeness (QED) is 0.438. The van der Waals surface area contributed by atoms with Gasteiger partial charge in [0.2, 0.25) is 0 Å². The average Bonchev–Trinajstić information content (AvgIpc) is 3.09. The van der Waals surface area contributed by atoms with Crippen LogP contribution in [0.5, 0.6) is 5.75 Å². The van der Waals surface area contributed by atoms with Gasteiger partial charge in [-0.1, -0.05) is 18.2 Å². The van der Waals surface area contributed by atoms with Crippen molar-refractivity contribution < 1.29 is 4.74 Å². The second-order valence-corrected chi connectivity index (χ2v) is 5.80. The van der Waals surface area contributed by atoms with Crippen LogP contribution >= 0.6 is 0 Å². The topological polar surface area (TPSA) is 48.9 Å². The molecule has 1 aromatic carbocycles. The molecule has 0 unspecified atom stereocenters. The number of likely N-dealkylation sites (tertiary alicyclic amines) is 1. The first kappa shape index (κ1) is 17.6. The molecule has 5 nitrogen and oxygen atoms in total. The Balaban J connectivity index is 1.70. The first-order valence-corrected chi connectivity index (χ1v) is 8.71. The number of hydrogen-bond donors (Lipinski definition) is 2. The van der Waals surface area contributed by atoms with Crippen molar-refractivity contribution in [3.8, 4) is 5.75 Å². The molecular formula is C18H30N4O. The van der Waals surface area contributed by atoms with Crippen LogP contribution in [0.2, 0.25) is 0 Å². The highest BCUT2D eigenvalue weighted by Crippen LogP contribution is 2.17. The number of ether oxygens (including phenoxy) is 1. The monoisotopic (exact) mass is 318 g/mol. The van der Waals surface area contributed by atoms with E-state index in [0.717, 1.165) is 30.2 Å². The third-order valence-corrected chi connectivity index (χ3v) is 4.08. The molecule has 1 aliphatic rings. The predicted octanol–water partition coefficient (Wildman–Crippen LogP) is 2.24. The van der Waals surface area contributed by atoms with Crippen molar-refractivity contribution in [1.29, 1.82) is 0 Å². The van der Waals surface area contributed by atoms with Crippen LogP contribution < -0.4 is 15.4 Å². The van der Waals surface area contributed by atoms with Crippen molar-refractivity contribution in [3.05, 3.63) is 29.8 Å². The fourth-order valence-electron chi connectivity index (χ4n) is 2.86. The molecule has 0 aromatic heterocycles. The molecule has 0 saturated carbocycles. The SMILES string of the molecule is CCOc1ccccc1CNC(=NC)NCCCN1CCCC1. The third-order valence-electron chi connectivity index (χ3n) is 4.08. The summed E-state index contributed by atoms with van der Waals surface area (Å²) in [7, 11) is 1.81. The van der Waals surface area contributed by atoms with E-state index in [1.807, 2.05) is 32.2 Å². The number of benzene rings is 1. The molecule has 0 spiro atoms. The summed E-state index contributed by atoms with van der Waals surface area (Å²) in [5.41, 5.74) is 1.15. The van der Waals surface area contributed by atoms with Crippen LogP contribution in [-0.2, 0) is 6.54 Å². The molecule has 0 amide bonds. The van der Waals surface area contributed by atoms with Gasteiger partial charge >= 0.3 is 0 Å². The van der Waals surface area contributed by atoms with Crippen molar-refractivity contribution in [2.24, 2.45) is 4.99 Å². The van der Waals surface area contributed by atoms with Crippen molar-refractivity contribution in [1.82, 2.24) is 15.5 Å². The minimum atomic E-state index is 0.681. The second-order valence-electron chi connectivity index (χ2n) is 5.80. The summed E-state index contributed by atoms with van der Waals surface area (Å²) in [5.74, 6) is 1.78. The molecule has 5 heteroatoms. The van der Waals surface area contributed by atoms with E-state index >= 15 is 0 Å². The van der Waals surface area contributed by atoms with Crippen LogP contribution in [0.4, 0.5) is 0 Å². The van der Waals surface area contributed by atoms with Crippen molar-refractivity contribution >= 4 is 5.96 Å². The summed E-state index contributed by atoms with van der Waals surface area (Å²) in [4.78, 5) is 6.83. The molecule has 128 valence electrons. The number of para-hydroxylation sites is 1. The maximum atomic E-state index is 5.65. The van der Waals surface area contributed by atoms with Gasteiger partial charge in [-0.15, -0.1) is 0 Å². The Labute approximate surface area is 140 Å². The van der Waals surface area contributed by atoms with E-state index in [0.29, 0.717) is 13.2 Å². The number of hydrogen-bond acceptors (Lipinski definition) is 3. The van der Waals surface area contributed by atoms with E-state index in [4.69, 9.17) is 4.74 Å². The van der Waals surface area contributed by atoms with Gasteiger partial charge in [0.25, 0.3) is 0 Å². The highest BCUT2D eigenvalue weighted by atomic mass is 16.5. The maximum absolute atomic E-state index is 5.65. The average molecular weight is 318 g/mol. The lowest BCUT2D eigenvalue weighted by atomic mass is 10.2. The minimum Gasteiger partial charge on any atom is -0.494 e. The summed E-state index contributed by atoms with van der Waals surface area (Å²) < 4.78 is 5.65. The third kappa shape index (κ3) is 6.10. The van der Waals surface area contributed by atoms with E-state index in [1.165, 1.54) is 32.5 Å². The molecule has 2 N–H and O–H groups in total. The fraction of sp³-hybridized carbons (Fsp3) is 0.611. The number of aliphatic imine (C=N–C) groups is 1. The molecule has 1 aromatic rings. The summed E-state index contributed by atoms with van der Waals surface area (Å²) in [6.07, 6.45) is 3.86. The Morgan fingerprint density at radius 1 is 1.22 bits per heavy atom. The molecule has 1 aliphatic heterocycles. The van der Waals surface area contributed by atoms with Crippen LogP contribution in [0.1, 0.15) is 31.7 Å². The van der Waals surface area contributed by atoms with Gasteiger partial charge < -0.3 is 20.3 Å². The molecule has 0 radical (unpaired) electrons. The highest BCUT2D eigenvalue weighted by molar-refractivity contribution is 5.79. The molecule has 0 bridgehead atoms. The van der Waals surface area contributed by atoms with Crippen LogP contribution in [-0.4, -0.2) is 50.7 Å². The second kappa shape index (κ2) is 10.1. The van der Waals surface area contributed by atoms with Gasteiger partial charge in [-0.25, -0.2) is 0 Å². The smallest absolute Gasteiger partial charge is 0.191 e. The van der Waals surface area contributed by atoms with Gasteiger partial charge in [0.1, 0.15) is 5.75 Å². The Kier molecular flexibility index (Phi) is 7.73. The number of guanidine groups is 1. The van der Waals surface area contributed by atoms with Crippen molar-refractivity contribution in [2.75, 3.05) is 39.8 Å². The minimum absolute atomic E-state index is 0.681. The normalized spacial score (nSPS) is 15.7. The lowest BCUT2D eigenvalue weighted by Crippen LogP contribution is -2.38. The molecular weight excluding hydrogens is 288 g/mol. The lowest BCUT2D eigenvalue weighted by Gasteiger charge is -2.16. The number of nitrogens with zero attached hydrogens (tertiary/aromatic N) is 2.